The lowest BCUT2D eigenvalue weighted by atomic mass is 10.2. The summed E-state index contributed by atoms with van der Waals surface area (Å²) >= 11 is 8.06. The summed E-state index contributed by atoms with van der Waals surface area (Å²) < 4.78 is 6.40. The van der Waals surface area contributed by atoms with Crippen LogP contribution in [-0.2, 0) is 9.53 Å². The highest BCUT2D eigenvalue weighted by molar-refractivity contribution is 14.1. The number of morpholine rings is 1. The molecule has 1 saturated heterocycles. The number of carbonyl (C=O) groups is 1. The second-order valence-electron chi connectivity index (χ2n) is 4.08. The molecule has 0 saturated carbocycles. The Kier molecular flexibility index (Phi) is 5.23. The van der Waals surface area contributed by atoms with Gasteiger partial charge in [0.25, 0.3) is 0 Å². The van der Waals surface area contributed by atoms with Crippen LogP contribution in [0.4, 0.5) is 5.69 Å². The average Bonchev–Trinajstić information content (AvgIpc) is 2.35. The fraction of sp³-hybridized carbons (Fsp3) is 0.417. The maximum atomic E-state index is 11.8. The number of hydrogen-bond acceptors (Lipinski definition) is 3. The van der Waals surface area contributed by atoms with Crippen LogP contribution in [-0.4, -0.2) is 31.7 Å². The predicted octanol–water partition coefficient (Wildman–Crippen LogP) is 2.26. The van der Waals surface area contributed by atoms with Gasteiger partial charge in [-0.05, 0) is 40.8 Å². The number of nitrogens with one attached hydrogen (secondary N) is 2. The molecule has 1 atom stereocenters. The summed E-state index contributed by atoms with van der Waals surface area (Å²) in [6, 6.07) is 5.42. The minimum absolute atomic E-state index is 0.0369. The van der Waals surface area contributed by atoms with Crippen molar-refractivity contribution in [1.29, 1.82) is 0 Å². The Morgan fingerprint density at radius 3 is 3.11 bits per heavy atom. The molecule has 6 heteroatoms. The largest absolute Gasteiger partial charge is 0.375 e. The zero-order valence-electron chi connectivity index (χ0n) is 9.71. The van der Waals surface area contributed by atoms with Crippen molar-refractivity contribution in [2.75, 3.05) is 25.0 Å². The van der Waals surface area contributed by atoms with Crippen LogP contribution >= 0.6 is 34.2 Å². The van der Waals surface area contributed by atoms with Crippen molar-refractivity contribution in [3.05, 3.63) is 26.8 Å². The van der Waals surface area contributed by atoms with Crippen molar-refractivity contribution < 1.29 is 9.53 Å². The first-order valence-electron chi connectivity index (χ1n) is 5.72. The summed E-state index contributed by atoms with van der Waals surface area (Å²) in [5.74, 6) is -0.0400. The Morgan fingerprint density at radius 1 is 1.61 bits per heavy atom. The molecule has 0 bridgehead atoms. The van der Waals surface area contributed by atoms with E-state index >= 15 is 0 Å². The molecule has 0 spiro atoms. The molecular weight excluding hydrogens is 367 g/mol. The van der Waals surface area contributed by atoms with Gasteiger partial charge in [-0.25, -0.2) is 0 Å². The van der Waals surface area contributed by atoms with Gasteiger partial charge in [0.05, 0.1) is 24.2 Å². The molecule has 18 heavy (non-hydrogen) atoms. The number of anilines is 1. The molecule has 1 aliphatic heterocycles. The quantitative estimate of drug-likeness (QED) is 0.791. The summed E-state index contributed by atoms with van der Waals surface area (Å²) in [5.41, 5.74) is 0.762. The molecule has 1 heterocycles. The minimum Gasteiger partial charge on any atom is -0.375 e. The van der Waals surface area contributed by atoms with Crippen molar-refractivity contribution in [3.8, 4) is 0 Å². The molecule has 2 rings (SSSR count). The highest BCUT2D eigenvalue weighted by Gasteiger charge is 2.17. The molecule has 1 unspecified atom stereocenters. The summed E-state index contributed by atoms with van der Waals surface area (Å²) in [6.45, 7) is 2.25. The molecule has 1 aliphatic rings. The number of rotatable bonds is 3. The van der Waals surface area contributed by atoms with E-state index < -0.39 is 0 Å². The molecule has 0 aliphatic carbocycles. The van der Waals surface area contributed by atoms with Gasteiger partial charge in [-0.3, -0.25) is 4.79 Å². The Hall–Kier alpha value is -0.370. The number of benzene rings is 1. The van der Waals surface area contributed by atoms with Gasteiger partial charge in [0.1, 0.15) is 0 Å². The smallest absolute Gasteiger partial charge is 0.227 e. The summed E-state index contributed by atoms with van der Waals surface area (Å²) in [7, 11) is 0. The fourth-order valence-corrected chi connectivity index (χ4v) is 2.38. The summed E-state index contributed by atoms with van der Waals surface area (Å²) in [4.78, 5) is 11.8. The van der Waals surface area contributed by atoms with E-state index in [4.69, 9.17) is 16.3 Å². The van der Waals surface area contributed by atoms with Crippen LogP contribution in [0.1, 0.15) is 6.42 Å². The highest BCUT2D eigenvalue weighted by atomic mass is 127. The third kappa shape index (κ3) is 4.08. The number of amides is 1. The van der Waals surface area contributed by atoms with Crippen LogP contribution in [0.3, 0.4) is 0 Å². The standard InChI is InChI=1S/C12H14ClIN2O2/c13-10-2-1-8(5-11(10)14)16-12(17)6-9-7-15-3-4-18-9/h1-2,5,9,15H,3-4,6-7H2,(H,16,17). The lowest BCUT2D eigenvalue weighted by Gasteiger charge is -2.23. The van der Waals surface area contributed by atoms with Crippen molar-refractivity contribution in [2.24, 2.45) is 0 Å². The van der Waals surface area contributed by atoms with Gasteiger partial charge >= 0.3 is 0 Å². The van der Waals surface area contributed by atoms with Gasteiger partial charge in [0.15, 0.2) is 0 Å². The van der Waals surface area contributed by atoms with Crippen molar-refractivity contribution >= 4 is 45.8 Å². The zero-order valence-corrected chi connectivity index (χ0v) is 12.6. The molecule has 0 aromatic heterocycles. The highest BCUT2D eigenvalue weighted by Crippen LogP contribution is 2.22. The molecule has 0 radical (unpaired) electrons. The SMILES string of the molecule is O=C(CC1CNCCO1)Nc1ccc(Cl)c(I)c1. The minimum atomic E-state index is -0.0400. The normalized spacial score (nSPS) is 19.6. The van der Waals surface area contributed by atoms with Gasteiger partial charge in [-0.2, -0.15) is 0 Å². The van der Waals surface area contributed by atoms with Crippen LogP contribution < -0.4 is 10.6 Å². The first-order chi connectivity index (χ1) is 8.65. The lowest BCUT2D eigenvalue weighted by molar-refractivity contribution is -0.119. The van der Waals surface area contributed by atoms with E-state index in [-0.39, 0.29) is 12.0 Å². The lowest BCUT2D eigenvalue weighted by Crippen LogP contribution is -2.40. The molecule has 4 nitrogen and oxygen atoms in total. The Morgan fingerprint density at radius 2 is 2.44 bits per heavy atom. The third-order valence-corrected chi connectivity index (χ3v) is 4.16. The first kappa shape index (κ1) is 14.0. The Balaban J connectivity index is 1.88. The molecule has 1 aromatic rings. The van der Waals surface area contributed by atoms with E-state index in [0.717, 1.165) is 22.3 Å². The van der Waals surface area contributed by atoms with Crippen molar-refractivity contribution in [1.82, 2.24) is 5.32 Å². The van der Waals surface area contributed by atoms with Crippen LogP contribution in [0.15, 0.2) is 18.2 Å². The molecular formula is C12H14ClIN2O2. The summed E-state index contributed by atoms with van der Waals surface area (Å²) in [5, 5.41) is 6.73. The van der Waals surface area contributed by atoms with Gasteiger partial charge in [0, 0.05) is 22.3 Å². The van der Waals surface area contributed by atoms with E-state index in [1.165, 1.54) is 0 Å². The van der Waals surface area contributed by atoms with Crippen molar-refractivity contribution in [3.63, 3.8) is 0 Å². The third-order valence-electron chi connectivity index (χ3n) is 2.62. The van der Waals surface area contributed by atoms with E-state index in [2.05, 4.69) is 33.2 Å². The van der Waals surface area contributed by atoms with Crippen LogP contribution in [0.2, 0.25) is 5.02 Å². The van der Waals surface area contributed by atoms with E-state index in [1.54, 1.807) is 12.1 Å². The molecule has 1 fully saturated rings. The molecule has 98 valence electrons. The monoisotopic (exact) mass is 380 g/mol. The van der Waals surface area contributed by atoms with Crippen molar-refractivity contribution in [2.45, 2.75) is 12.5 Å². The predicted molar refractivity (Wildman–Crippen MR) is 80.0 cm³/mol. The fourth-order valence-electron chi connectivity index (χ4n) is 1.74. The second-order valence-corrected chi connectivity index (χ2v) is 5.65. The van der Waals surface area contributed by atoms with Gasteiger partial charge < -0.3 is 15.4 Å². The van der Waals surface area contributed by atoms with E-state index in [9.17, 15) is 4.79 Å². The second kappa shape index (κ2) is 6.70. The van der Waals surface area contributed by atoms with E-state index in [1.807, 2.05) is 6.07 Å². The summed E-state index contributed by atoms with van der Waals surface area (Å²) in [6.07, 6.45) is 0.330. The Bertz CT molecular complexity index is 436. The Labute approximate surface area is 125 Å². The van der Waals surface area contributed by atoms with E-state index in [0.29, 0.717) is 18.1 Å². The molecule has 2 N–H and O–H groups in total. The topological polar surface area (TPSA) is 50.4 Å². The van der Waals surface area contributed by atoms with Crippen LogP contribution in [0, 0.1) is 3.57 Å². The number of halogens is 2. The van der Waals surface area contributed by atoms with Gasteiger partial charge in [-0.15, -0.1) is 0 Å². The molecule has 1 aromatic carbocycles. The zero-order chi connectivity index (χ0) is 13.0. The van der Waals surface area contributed by atoms with Gasteiger partial charge in [0.2, 0.25) is 5.91 Å². The number of hydrogen-bond donors (Lipinski definition) is 2. The van der Waals surface area contributed by atoms with Crippen LogP contribution in [0.5, 0.6) is 0 Å². The first-order valence-corrected chi connectivity index (χ1v) is 7.18. The van der Waals surface area contributed by atoms with Gasteiger partial charge in [-0.1, -0.05) is 11.6 Å². The maximum absolute atomic E-state index is 11.8. The molecule has 1 amide bonds. The van der Waals surface area contributed by atoms with Crippen LogP contribution in [0.25, 0.3) is 0 Å². The average molecular weight is 381 g/mol. The number of ether oxygens (including phenoxy) is 1. The maximum Gasteiger partial charge on any atom is 0.227 e. The number of carbonyl (C=O) groups excluding carboxylic acids is 1.